The molecule has 1 aromatic carbocycles. The second kappa shape index (κ2) is 6.46. The first-order chi connectivity index (χ1) is 9.86. The third kappa shape index (κ3) is 3.07. The molecule has 3 rings (SSSR count). The van der Waals surface area contributed by atoms with Gasteiger partial charge in [0, 0.05) is 25.1 Å². The molecule has 0 unspecified atom stereocenters. The van der Waals surface area contributed by atoms with E-state index in [4.69, 9.17) is 14.2 Å². The van der Waals surface area contributed by atoms with Crippen LogP contribution in [0.15, 0.2) is 12.1 Å². The maximum Gasteiger partial charge on any atom is 0.126 e. The lowest BCUT2D eigenvalue weighted by Crippen LogP contribution is -2.36. The average Bonchev–Trinajstić information content (AvgIpc) is 2.96. The van der Waals surface area contributed by atoms with Gasteiger partial charge in [0.1, 0.15) is 11.5 Å². The molecule has 0 amide bonds. The van der Waals surface area contributed by atoms with Gasteiger partial charge in [0.15, 0.2) is 0 Å². The molecule has 0 spiro atoms. The summed E-state index contributed by atoms with van der Waals surface area (Å²) in [5.41, 5.74) is 2.59. The van der Waals surface area contributed by atoms with Gasteiger partial charge in [0.05, 0.1) is 26.9 Å². The summed E-state index contributed by atoms with van der Waals surface area (Å²) in [5, 5.41) is 0. The van der Waals surface area contributed by atoms with E-state index >= 15 is 0 Å². The Morgan fingerprint density at radius 3 is 2.85 bits per heavy atom. The van der Waals surface area contributed by atoms with E-state index in [2.05, 4.69) is 17.0 Å². The van der Waals surface area contributed by atoms with Gasteiger partial charge in [-0.05, 0) is 37.1 Å². The summed E-state index contributed by atoms with van der Waals surface area (Å²) < 4.78 is 16.6. The van der Waals surface area contributed by atoms with Crippen LogP contribution in [-0.2, 0) is 17.6 Å². The Morgan fingerprint density at radius 2 is 2.05 bits per heavy atom. The Labute approximate surface area is 120 Å². The Kier molecular flexibility index (Phi) is 4.43. The van der Waals surface area contributed by atoms with E-state index in [0.29, 0.717) is 0 Å². The molecule has 0 bridgehead atoms. The number of hydrogen-bond acceptors (Lipinski definition) is 4. The normalized spacial score (nSPS) is 18.6. The Morgan fingerprint density at radius 1 is 1.20 bits per heavy atom. The van der Waals surface area contributed by atoms with E-state index in [-0.39, 0.29) is 0 Å². The van der Waals surface area contributed by atoms with Gasteiger partial charge in [-0.1, -0.05) is 0 Å². The lowest BCUT2D eigenvalue weighted by molar-refractivity contribution is 0.0374. The SMILES string of the molecule is COc1cc(CCCN2CCOCC2)c2c(c1)CCO2. The molecule has 0 radical (unpaired) electrons. The molecular formula is C16H23NO3. The van der Waals surface area contributed by atoms with Crippen LogP contribution in [0.4, 0.5) is 0 Å². The Bertz CT molecular complexity index is 455. The highest BCUT2D eigenvalue weighted by Gasteiger charge is 2.18. The quantitative estimate of drug-likeness (QED) is 0.822. The first-order valence-electron chi connectivity index (χ1n) is 7.49. The third-order valence-corrected chi connectivity index (χ3v) is 4.09. The molecule has 4 heteroatoms. The number of fused-ring (bicyclic) bond motifs is 1. The van der Waals surface area contributed by atoms with E-state index in [0.717, 1.165) is 70.2 Å². The lowest BCUT2D eigenvalue weighted by Gasteiger charge is -2.26. The number of ether oxygens (including phenoxy) is 3. The molecule has 1 aromatic rings. The highest BCUT2D eigenvalue weighted by Crippen LogP contribution is 2.34. The van der Waals surface area contributed by atoms with Crippen molar-refractivity contribution in [2.24, 2.45) is 0 Å². The fourth-order valence-electron chi connectivity index (χ4n) is 2.98. The summed E-state index contributed by atoms with van der Waals surface area (Å²) in [6.07, 6.45) is 3.21. The van der Waals surface area contributed by atoms with Crippen LogP contribution in [0.3, 0.4) is 0 Å². The maximum atomic E-state index is 5.78. The molecule has 4 nitrogen and oxygen atoms in total. The minimum absolute atomic E-state index is 0.805. The minimum Gasteiger partial charge on any atom is -0.497 e. The second-order valence-corrected chi connectivity index (χ2v) is 5.43. The molecule has 0 saturated carbocycles. The van der Waals surface area contributed by atoms with Crippen LogP contribution < -0.4 is 9.47 Å². The molecule has 2 aliphatic heterocycles. The van der Waals surface area contributed by atoms with E-state index < -0.39 is 0 Å². The van der Waals surface area contributed by atoms with Crippen molar-refractivity contribution in [3.05, 3.63) is 23.3 Å². The fourth-order valence-corrected chi connectivity index (χ4v) is 2.98. The van der Waals surface area contributed by atoms with Crippen LogP contribution in [0.1, 0.15) is 17.5 Å². The highest BCUT2D eigenvalue weighted by atomic mass is 16.5. The molecule has 2 aliphatic rings. The summed E-state index contributed by atoms with van der Waals surface area (Å²) in [4.78, 5) is 2.48. The predicted molar refractivity (Wildman–Crippen MR) is 77.8 cm³/mol. The predicted octanol–water partition coefficient (Wildman–Crippen LogP) is 1.89. The molecule has 0 atom stereocenters. The molecule has 110 valence electrons. The van der Waals surface area contributed by atoms with Gasteiger partial charge in [-0.25, -0.2) is 0 Å². The van der Waals surface area contributed by atoms with Crippen LogP contribution in [-0.4, -0.2) is 51.5 Å². The zero-order chi connectivity index (χ0) is 13.8. The monoisotopic (exact) mass is 277 g/mol. The summed E-state index contributed by atoms with van der Waals surface area (Å²) in [7, 11) is 1.73. The maximum absolute atomic E-state index is 5.78. The third-order valence-electron chi connectivity index (χ3n) is 4.09. The summed E-state index contributed by atoms with van der Waals surface area (Å²) >= 11 is 0. The van der Waals surface area contributed by atoms with E-state index in [9.17, 15) is 0 Å². The average molecular weight is 277 g/mol. The molecule has 0 N–H and O–H groups in total. The summed E-state index contributed by atoms with van der Waals surface area (Å²) in [6.45, 7) is 5.81. The van der Waals surface area contributed by atoms with Gasteiger partial charge in [0.25, 0.3) is 0 Å². The number of morpholine rings is 1. The first-order valence-corrected chi connectivity index (χ1v) is 7.49. The molecule has 2 heterocycles. The van der Waals surface area contributed by atoms with Crippen molar-refractivity contribution in [1.29, 1.82) is 0 Å². The van der Waals surface area contributed by atoms with Crippen molar-refractivity contribution in [3.8, 4) is 11.5 Å². The Hall–Kier alpha value is -1.26. The number of benzene rings is 1. The van der Waals surface area contributed by atoms with Crippen LogP contribution in [0.5, 0.6) is 11.5 Å². The van der Waals surface area contributed by atoms with Crippen LogP contribution in [0.25, 0.3) is 0 Å². The standard InChI is InChI=1S/C16H23NO3/c1-18-15-11-13(16-14(12-15)4-8-20-16)3-2-5-17-6-9-19-10-7-17/h11-12H,2-10H2,1H3. The lowest BCUT2D eigenvalue weighted by atomic mass is 10.0. The molecule has 1 fully saturated rings. The number of hydrogen-bond donors (Lipinski definition) is 0. The topological polar surface area (TPSA) is 30.9 Å². The first kappa shape index (κ1) is 13.7. The largest absolute Gasteiger partial charge is 0.497 e. The molecule has 0 aliphatic carbocycles. The van der Waals surface area contributed by atoms with E-state index in [1.807, 2.05) is 0 Å². The summed E-state index contributed by atoms with van der Waals surface area (Å²) in [5.74, 6) is 2.06. The highest BCUT2D eigenvalue weighted by molar-refractivity contribution is 5.49. The zero-order valence-corrected chi connectivity index (χ0v) is 12.2. The van der Waals surface area contributed by atoms with E-state index in [1.54, 1.807) is 7.11 Å². The van der Waals surface area contributed by atoms with Crippen molar-refractivity contribution in [1.82, 2.24) is 4.90 Å². The van der Waals surface area contributed by atoms with Gasteiger partial charge >= 0.3 is 0 Å². The van der Waals surface area contributed by atoms with Gasteiger partial charge in [-0.2, -0.15) is 0 Å². The van der Waals surface area contributed by atoms with Gasteiger partial charge < -0.3 is 14.2 Å². The zero-order valence-electron chi connectivity index (χ0n) is 12.2. The minimum atomic E-state index is 0.805. The number of methoxy groups -OCH3 is 1. The van der Waals surface area contributed by atoms with Gasteiger partial charge in [-0.3, -0.25) is 4.90 Å². The van der Waals surface area contributed by atoms with Crippen molar-refractivity contribution in [2.75, 3.05) is 46.6 Å². The molecule has 20 heavy (non-hydrogen) atoms. The van der Waals surface area contributed by atoms with Gasteiger partial charge in [-0.15, -0.1) is 0 Å². The van der Waals surface area contributed by atoms with Crippen molar-refractivity contribution in [2.45, 2.75) is 19.3 Å². The molecular weight excluding hydrogens is 254 g/mol. The van der Waals surface area contributed by atoms with Crippen molar-refractivity contribution < 1.29 is 14.2 Å². The molecule has 1 saturated heterocycles. The second-order valence-electron chi connectivity index (χ2n) is 5.43. The van der Waals surface area contributed by atoms with E-state index in [1.165, 1.54) is 11.1 Å². The van der Waals surface area contributed by atoms with Crippen molar-refractivity contribution >= 4 is 0 Å². The van der Waals surface area contributed by atoms with Crippen LogP contribution in [0.2, 0.25) is 0 Å². The summed E-state index contributed by atoms with van der Waals surface area (Å²) in [6, 6.07) is 4.23. The number of aryl methyl sites for hydroxylation is 1. The van der Waals surface area contributed by atoms with Crippen LogP contribution >= 0.6 is 0 Å². The molecule has 0 aromatic heterocycles. The fraction of sp³-hybridized carbons (Fsp3) is 0.625. The Balaban J connectivity index is 1.60. The smallest absolute Gasteiger partial charge is 0.126 e. The van der Waals surface area contributed by atoms with Crippen molar-refractivity contribution in [3.63, 3.8) is 0 Å². The van der Waals surface area contributed by atoms with Gasteiger partial charge in [0.2, 0.25) is 0 Å². The number of nitrogens with zero attached hydrogens (tertiary/aromatic N) is 1. The van der Waals surface area contributed by atoms with Crippen LogP contribution in [0, 0.1) is 0 Å². The number of rotatable bonds is 5.